The van der Waals surface area contributed by atoms with Crippen LogP contribution in [0, 0.1) is 0 Å². The summed E-state index contributed by atoms with van der Waals surface area (Å²) in [5.74, 6) is -0.283. The van der Waals surface area contributed by atoms with Crippen molar-refractivity contribution < 1.29 is 23.8 Å². The van der Waals surface area contributed by atoms with Gasteiger partial charge in [-0.15, -0.1) is 0 Å². The molecule has 1 aromatic heterocycles. The number of unbranched alkanes of at least 4 members (excludes halogenated alkanes) is 2. The molecular weight excluding hydrogens is 429 g/mol. The third-order valence-corrected chi connectivity index (χ3v) is 5.56. The van der Waals surface area contributed by atoms with Crippen molar-refractivity contribution in [2.24, 2.45) is 0 Å². The molecule has 0 spiro atoms. The van der Waals surface area contributed by atoms with E-state index in [-0.39, 0.29) is 18.4 Å². The van der Waals surface area contributed by atoms with E-state index in [4.69, 9.17) is 22.1 Å². The quantitative estimate of drug-likeness (QED) is 0.278. The molecule has 2 radical (unpaired) electrons. The molecule has 0 bridgehead atoms. The fourth-order valence-corrected chi connectivity index (χ4v) is 3.79. The number of nitrogens with zero attached hydrogens (tertiary/aromatic N) is 1. The normalized spacial score (nSPS) is 11.9. The molecular formula is C27H30BNO5. The number of benzene rings is 2. The van der Waals surface area contributed by atoms with E-state index in [2.05, 4.69) is 0 Å². The zero-order valence-electron chi connectivity index (χ0n) is 19.6. The molecule has 0 saturated carbocycles. The summed E-state index contributed by atoms with van der Waals surface area (Å²) in [5.41, 5.74) is 2.16. The van der Waals surface area contributed by atoms with Gasteiger partial charge < -0.3 is 19.2 Å². The van der Waals surface area contributed by atoms with Crippen LogP contribution in [0.4, 0.5) is 0 Å². The van der Waals surface area contributed by atoms with Gasteiger partial charge in [0.15, 0.2) is 0 Å². The van der Waals surface area contributed by atoms with E-state index in [1.54, 1.807) is 23.3 Å². The third-order valence-electron chi connectivity index (χ3n) is 5.56. The Labute approximate surface area is 201 Å². The molecule has 7 heteroatoms. The van der Waals surface area contributed by atoms with E-state index in [9.17, 15) is 9.59 Å². The molecule has 6 nitrogen and oxygen atoms in total. The predicted molar refractivity (Wildman–Crippen MR) is 132 cm³/mol. The molecule has 0 saturated heterocycles. The molecule has 0 fully saturated rings. The van der Waals surface area contributed by atoms with Crippen molar-refractivity contribution in [1.82, 2.24) is 4.90 Å². The van der Waals surface area contributed by atoms with Crippen molar-refractivity contribution in [3.8, 4) is 17.1 Å². The lowest BCUT2D eigenvalue weighted by molar-refractivity contribution is -0.137. The number of ether oxygens (including phenoxy) is 1. The van der Waals surface area contributed by atoms with E-state index < -0.39 is 11.9 Å². The van der Waals surface area contributed by atoms with E-state index in [1.165, 1.54) is 0 Å². The second-order valence-electron chi connectivity index (χ2n) is 8.40. The Morgan fingerprint density at radius 2 is 1.74 bits per heavy atom. The first-order valence-corrected chi connectivity index (χ1v) is 11.5. The van der Waals surface area contributed by atoms with E-state index in [0.29, 0.717) is 24.3 Å². The molecule has 1 unspecified atom stereocenters. The Bertz CT molecular complexity index is 1060. The summed E-state index contributed by atoms with van der Waals surface area (Å²) in [7, 11) is 6.62. The van der Waals surface area contributed by atoms with Crippen LogP contribution in [0.3, 0.4) is 0 Å². The molecule has 0 aliphatic heterocycles. The monoisotopic (exact) mass is 459 g/mol. The van der Waals surface area contributed by atoms with Crippen LogP contribution in [0.1, 0.15) is 61.4 Å². The number of hydrogen-bond donors (Lipinski definition) is 1. The molecule has 34 heavy (non-hydrogen) atoms. The van der Waals surface area contributed by atoms with Gasteiger partial charge in [-0.3, -0.25) is 9.59 Å². The highest BCUT2D eigenvalue weighted by atomic mass is 16.5. The zero-order chi connectivity index (χ0) is 24.5. The van der Waals surface area contributed by atoms with Crippen LogP contribution in [0.25, 0.3) is 11.3 Å². The number of para-hydroxylation sites is 1. The van der Waals surface area contributed by atoms with Gasteiger partial charge in [0, 0.05) is 35.1 Å². The minimum absolute atomic E-state index is 0.142. The molecule has 176 valence electrons. The van der Waals surface area contributed by atoms with Crippen LogP contribution in [0.15, 0.2) is 71.3 Å². The third kappa shape index (κ3) is 6.53. The Balaban J connectivity index is 1.71. The largest absolute Gasteiger partial charge is 0.493 e. The zero-order valence-corrected chi connectivity index (χ0v) is 19.6. The Morgan fingerprint density at radius 3 is 2.38 bits per heavy atom. The topological polar surface area (TPSA) is 80.0 Å². The minimum atomic E-state index is -0.786. The first-order chi connectivity index (χ1) is 16.4. The lowest BCUT2D eigenvalue weighted by Crippen LogP contribution is -2.40. The number of furan rings is 1. The summed E-state index contributed by atoms with van der Waals surface area (Å²) >= 11 is 0. The molecule has 1 heterocycles. The van der Waals surface area contributed by atoms with Crippen molar-refractivity contribution in [3.05, 3.63) is 78.1 Å². The maximum atomic E-state index is 13.4. The maximum absolute atomic E-state index is 13.4. The van der Waals surface area contributed by atoms with Crippen LogP contribution in [0.5, 0.6) is 5.75 Å². The number of aliphatic carboxylic acids is 1. The van der Waals surface area contributed by atoms with Gasteiger partial charge in [-0.2, -0.15) is 0 Å². The van der Waals surface area contributed by atoms with Crippen LogP contribution in [-0.2, 0) is 4.79 Å². The molecule has 3 aromatic rings. The van der Waals surface area contributed by atoms with Crippen LogP contribution < -0.4 is 4.74 Å². The lowest BCUT2D eigenvalue weighted by atomic mass is 9.85. The summed E-state index contributed by atoms with van der Waals surface area (Å²) in [4.78, 5) is 25.7. The van der Waals surface area contributed by atoms with Crippen molar-refractivity contribution in [2.45, 2.75) is 51.5 Å². The fourth-order valence-electron chi connectivity index (χ4n) is 3.79. The number of carbonyl (C=O) groups excluding carboxylic acids is 1. The Hall–Kier alpha value is -3.48. The van der Waals surface area contributed by atoms with Crippen LogP contribution in [-0.4, -0.2) is 42.4 Å². The average molecular weight is 459 g/mol. The van der Waals surface area contributed by atoms with Gasteiger partial charge in [-0.05, 0) is 63.4 Å². The number of rotatable bonds is 12. The second-order valence-corrected chi connectivity index (χ2v) is 8.40. The van der Waals surface area contributed by atoms with Crippen molar-refractivity contribution >= 4 is 19.7 Å². The summed E-state index contributed by atoms with van der Waals surface area (Å²) in [5, 5.41) is 8.74. The Morgan fingerprint density at radius 1 is 1.00 bits per heavy atom. The van der Waals surface area contributed by atoms with Gasteiger partial charge in [0.2, 0.25) is 0 Å². The molecule has 0 aliphatic carbocycles. The van der Waals surface area contributed by atoms with Gasteiger partial charge >= 0.3 is 5.97 Å². The highest BCUT2D eigenvalue weighted by Crippen LogP contribution is 2.30. The van der Waals surface area contributed by atoms with E-state index in [1.807, 2.05) is 62.4 Å². The highest BCUT2D eigenvalue weighted by Gasteiger charge is 2.27. The van der Waals surface area contributed by atoms with E-state index >= 15 is 0 Å². The lowest BCUT2D eigenvalue weighted by Gasteiger charge is -2.34. The fraction of sp³-hybridized carbons (Fsp3) is 0.333. The molecule has 1 N–H and O–H groups in total. The van der Waals surface area contributed by atoms with Crippen LogP contribution >= 0.6 is 0 Å². The second kappa shape index (κ2) is 12.1. The molecule has 3 rings (SSSR count). The maximum Gasteiger partial charge on any atom is 0.303 e. The molecule has 1 atom stereocenters. The average Bonchev–Trinajstić information content (AvgIpc) is 3.36. The number of hydrogen-bond acceptors (Lipinski definition) is 4. The SMILES string of the molecule is [B]C(c1ccccc1OCCCCCC(=O)O)N(C(=O)c1ccc(-c2ccco2)cc1)C(C)C. The first-order valence-electron chi connectivity index (χ1n) is 11.5. The van der Waals surface area contributed by atoms with Gasteiger partial charge in [-0.25, -0.2) is 0 Å². The minimum Gasteiger partial charge on any atom is -0.493 e. The standard InChI is InChI=1S/C27H30BNO5/c1-19(2)29(27(32)21-15-13-20(14-16-21)23-11-8-18-33-23)26(28)22-9-5-6-10-24(22)34-17-7-3-4-12-25(30)31/h5-6,8-11,13-16,18-19,26H,3-4,7,12,17H2,1-2H3,(H,30,31). The van der Waals surface area contributed by atoms with Crippen LogP contribution in [0.2, 0.25) is 0 Å². The number of carbonyl (C=O) groups is 2. The highest BCUT2D eigenvalue weighted by molar-refractivity contribution is 6.14. The molecule has 0 aliphatic rings. The summed E-state index contributed by atoms with van der Waals surface area (Å²) < 4.78 is 11.4. The number of carboxylic acid groups (broad SMARTS) is 1. The van der Waals surface area contributed by atoms with Gasteiger partial charge in [0.05, 0.1) is 12.9 Å². The first kappa shape index (κ1) is 25.2. The van der Waals surface area contributed by atoms with Crippen molar-refractivity contribution in [1.29, 1.82) is 0 Å². The summed E-state index contributed by atoms with van der Waals surface area (Å²) in [6.07, 6.45) is 3.91. The van der Waals surface area contributed by atoms with Gasteiger partial charge in [0.25, 0.3) is 5.91 Å². The van der Waals surface area contributed by atoms with Gasteiger partial charge in [0.1, 0.15) is 19.4 Å². The Kier molecular flexibility index (Phi) is 8.97. The number of carboxylic acids is 1. The molecule has 1 amide bonds. The summed E-state index contributed by atoms with van der Waals surface area (Å²) in [6.45, 7) is 4.31. The van der Waals surface area contributed by atoms with Crippen molar-refractivity contribution in [3.63, 3.8) is 0 Å². The van der Waals surface area contributed by atoms with Crippen molar-refractivity contribution in [2.75, 3.05) is 6.61 Å². The predicted octanol–water partition coefficient (Wildman–Crippen LogP) is 5.69. The van der Waals surface area contributed by atoms with Gasteiger partial charge in [-0.1, -0.05) is 30.3 Å². The summed E-state index contributed by atoms with van der Waals surface area (Å²) in [6, 6.07) is 18.3. The molecule has 2 aromatic carbocycles. The number of amides is 1. The smallest absolute Gasteiger partial charge is 0.303 e. The van der Waals surface area contributed by atoms with E-state index in [0.717, 1.165) is 29.7 Å².